The summed E-state index contributed by atoms with van der Waals surface area (Å²) < 4.78 is 2.44. The van der Waals surface area contributed by atoms with E-state index in [9.17, 15) is 0 Å². The van der Waals surface area contributed by atoms with Crippen molar-refractivity contribution < 1.29 is 0 Å². The highest BCUT2D eigenvalue weighted by molar-refractivity contribution is 7.99. The van der Waals surface area contributed by atoms with Crippen LogP contribution in [0.1, 0.15) is 37.5 Å². The fraction of sp³-hybridized carbons (Fsp3) is 0.600. The zero-order chi connectivity index (χ0) is 13.9. The summed E-state index contributed by atoms with van der Waals surface area (Å²) in [6.45, 7) is 0. The lowest BCUT2D eigenvalue weighted by Crippen LogP contribution is -2.26. The first-order chi connectivity index (χ1) is 9.85. The van der Waals surface area contributed by atoms with Crippen molar-refractivity contribution >= 4 is 34.4 Å². The molecular weight excluding hydrogens is 290 g/mol. The Morgan fingerprint density at radius 3 is 3.05 bits per heavy atom. The van der Waals surface area contributed by atoms with Crippen LogP contribution in [0.15, 0.2) is 18.5 Å². The highest BCUT2D eigenvalue weighted by Crippen LogP contribution is 2.38. The van der Waals surface area contributed by atoms with E-state index in [1.165, 1.54) is 31.2 Å². The third-order valence-corrected chi connectivity index (χ3v) is 5.53. The van der Waals surface area contributed by atoms with E-state index in [1.807, 2.05) is 24.2 Å². The highest BCUT2D eigenvalue weighted by Gasteiger charge is 2.28. The Hall–Kier alpha value is -0.740. The number of aryl methyl sites for hydroxylation is 1. The van der Waals surface area contributed by atoms with Crippen LogP contribution in [-0.4, -0.2) is 31.9 Å². The molecule has 0 bridgehead atoms. The lowest BCUT2D eigenvalue weighted by atomic mass is 9.94. The Balaban J connectivity index is 2.09. The Labute approximate surface area is 129 Å². The van der Waals surface area contributed by atoms with Gasteiger partial charge >= 0.3 is 0 Å². The average molecular weight is 310 g/mol. The molecule has 108 valence electrons. The molecule has 0 aliphatic heterocycles. The van der Waals surface area contributed by atoms with Gasteiger partial charge in [0.1, 0.15) is 11.3 Å². The third kappa shape index (κ3) is 2.56. The molecule has 3 nitrogen and oxygen atoms in total. The van der Waals surface area contributed by atoms with Crippen LogP contribution in [0.5, 0.6) is 0 Å². The fourth-order valence-corrected chi connectivity index (χ4v) is 4.42. The summed E-state index contributed by atoms with van der Waals surface area (Å²) in [6, 6.07) is 2.64. The minimum atomic E-state index is 0.546. The van der Waals surface area contributed by atoms with Crippen LogP contribution in [0.4, 0.5) is 0 Å². The van der Waals surface area contributed by atoms with Crippen molar-refractivity contribution in [2.24, 2.45) is 0 Å². The van der Waals surface area contributed by atoms with Crippen molar-refractivity contribution in [3.8, 4) is 0 Å². The lowest BCUT2D eigenvalue weighted by molar-refractivity contribution is 0.364. The maximum absolute atomic E-state index is 5.97. The monoisotopic (exact) mass is 309 g/mol. The molecule has 2 unspecified atom stereocenters. The Morgan fingerprint density at radius 1 is 1.40 bits per heavy atom. The average Bonchev–Trinajstić information content (AvgIpc) is 2.85. The number of hydrogen-bond acceptors (Lipinski definition) is 3. The molecule has 20 heavy (non-hydrogen) atoms. The molecule has 2 aromatic heterocycles. The zero-order valence-corrected chi connectivity index (χ0v) is 13.3. The summed E-state index contributed by atoms with van der Waals surface area (Å²) in [7, 11) is 0. The van der Waals surface area contributed by atoms with Crippen molar-refractivity contribution in [1.82, 2.24) is 14.5 Å². The molecule has 0 saturated heterocycles. The van der Waals surface area contributed by atoms with E-state index in [4.69, 9.17) is 16.6 Å². The minimum absolute atomic E-state index is 0.546. The van der Waals surface area contributed by atoms with Crippen molar-refractivity contribution in [2.75, 3.05) is 12.1 Å². The number of pyridine rings is 1. The second-order valence-corrected chi connectivity index (χ2v) is 6.78. The van der Waals surface area contributed by atoms with Gasteiger partial charge in [-0.25, -0.2) is 4.98 Å². The summed E-state index contributed by atoms with van der Waals surface area (Å²) in [5, 5.41) is 0.684. The van der Waals surface area contributed by atoms with Crippen molar-refractivity contribution in [1.29, 1.82) is 0 Å². The molecule has 0 spiro atoms. The second kappa shape index (κ2) is 6.35. The Bertz CT molecular complexity index is 584. The molecular formula is C15H20ClN3S. The van der Waals surface area contributed by atoms with Crippen molar-refractivity contribution in [2.45, 2.75) is 43.4 Å². The predicted octanol–water partition coefficient (Wildman–Crippen LogP) is 4.06. The fourth-order valence-electron chi connectivity index (χ4n) is 3.28. The number of alkyl halides is 1. The topological polar surface area (TPSA) is 30.7 Å². The van der Waals surface area contributed by atoms with Gasteiger partial charge in [0.2, 0.25) is 0 Å². The van der Waals surface area contributed by atoms with Crippen LogP contribution < -0.4 is 0 Å². The van der Waals surface area contributed by atoms with Gasteiger partial charge in [-0.15, -0.1) is 11.6 Å². The SMILES string of the molecule is CSC1CCCCC1n1c(CCCl)nc2cnccc21. The van der Waals surface area contributed by atoms with Gasteiger partial charge in [0.05, 0.1) is 11.7 Å². The van der Waals surface area contributed by atoms with E-state index in [2.05, 4.69) is 21.9 Å². The summed E-state index contributed by atoms with van der Waals surface area (Å²) in [5.74, 6) is 1.74. The molecule has 1 fully saturated rings. The standard InChI is InChI=1S/C15H20ClN3S/c1-20-14-5-3-2-4-13(14)19-12-7-9-17-10-11(12)18-15(19)6-8-16/h7,9-10,13-14H,2-6,8H2,1H3. The van der Waals surface area contributed by atoms with E-state index >= 15 is 0 Å². The number of halogens is 1. The van der Waals surface area contributed by atoms with E-state index in [0.717, 1.165) is 17.8 Å². The Kier molecular flexibility index (Phi) is 4.51. The summed E-state index contributed by atoms with van der Waals surface area (Å²) in [4.78, 5) is 8.95. The summed E-state index contributed by atoms with van der Waals surface area (Å²) in [5.41, 5.74) is 2.21. The first-order valence-corrected chi connectivity index (χ1v) is 9.07. The van der Waals surface area contributed by atoms with Gasteiger partial charge in [0.25, 0.3) is 0 Å². The highest BCUT2D eigenvalue weighted by atomic mass is 35.5. The number of imidazole rings is 1. The molecule has 0 N–H and O–H groups in total. The molecule has 0 amide bonds. The minimum Gasteiger partial charge on any atom is -0.324 e. The predicted molar refractivity (Wildman–Crippen MR) is 86.8 cm³/mol. The normalized spacial score (nSPS) is 23.3. The quantitative estimate of drug-likeness (QED) is 0.798. The number of hydrogen-bond donors (Lipinski definition) is 0. The first kappa shape index (κ1) is 14.2. The number of thioether (sulfide) groups is 1. The van der Waals surface area contributed by atoms with E-state index in [1.54, 1.807) is 0 Å². The number of fused-ring (bicyclic) bond motifs is 1. The summed E-state index contributed by atoms with van der Waals surface area (Å²) >= 11 is 7.96. The molecule has 0 radical (unpaired) electrons. The largest absolute Gasteiger partial charge is 0.324 e. The molecule has 1 aliphatic carbocycles. The van der Waals surface area contributed by atoms with Crippen LogP contribution >= 0.6 is 23.4 Å². The number of nitrogens with zero attached hydrogens (tertiary/aromatic N) is 3. The maximum Gasteiger partial charge on any atom is 0.111 e. The van der Waals surface area contributed by atoms with Gasteiger partial charge in [0, 0.05) is 29.8 Å². The van der Waals surface area contributed by atoms with Gasteiger partial charge in [-0.3, -0.25) is 4.98 Å². The van der Waals surface area contributed by atoms with Gasteiger partial charge in [-0.1, -0.05) is 12.8 Å². The van der Waals surface area contributed by atoms with Crippen LogP contribution in [0.25, 0.3) is 11.0 Å². The van der Waals surface area contributed by atoms with Crippen molar-refractivity contribution in [3.63, 3.8) is 0 Å². The first-order valence-electron chi connectivity index (χ1n) is 7.24. The molecule has 5 heteroatoms. The molecule has 2 atom stereocenters. The molecule has 1 saturated carbocycles. The summed E-state index contributed by atoms with van der Waals surface area (Å²) in [6.07, 6.45) is 12.0. The van der Waals surface area contributed by atoms with Gasteiger partial charge in [-0.2, -0.15) is 11.8 Å². The van der Waals surface area contributed by atoms with Gasteiger partial charge < -0.3 is 4.57 Å². The van der Waals surface area contributed by atoms with Gasteiger partial charge in [0.15, 0.2) is 0 Å². The number of rotatable bonds is 4. The molecule has 2 heterocycles. The molecule has 3 rings (SSSR count). The maximum atomic E-state index is 5.97. The van der Waals surface area contributed by atoms with Crippen molar-refractivity contribution in [3.05, 3.63) is 24.3 Å². The Morgan fingerprint density at radius 2 is 2.25 bits per heavy atom. The smallest absolute Gasteiger partial charge is 0.111 e. The van der Waals surface area contributed by atoms with Crippen LogP contribution in [0.3, 0.4) is 0 Å². The van der Waals surface area contributed by atoms with E-state index < -0.39 is 0 Å². The third-order valence-electron chi connectivity index (χ3n) is 4.19. The van der Waals surface area contributed by atoms with Crippen LogP contribution in [-0.2, 0) is 6.42 Å². The zero-order valence-electron chi connectivity index (χ0n) is 11.8. The van der Waals surface area contributed by atoms with Gasteiger partial charge in [-0.05, 0) is 25.2 Å². The van der Waals surface area contributed by atoms with E-state index in [0.29, 0.717) is 17.2 Å². The second-order valence-electron chi connectivity index (χ2n) is 5.33. The van der Waals surface area contributed by atoms with Crippen LogP contribution in [0.2, 0.25) is 0 Å². The number of aromatic nitrogens is 3. The lowest BCUT2D eigenvalue weighted by Gasteiger charge is -2.32. The van der Waals surface area contributed by atoms with E-state index in [-0.39, 0.29) is 0 Å². The molecule has 2 aromatic rings. The molecule has 0 aromatic carbocycles. The van der Waals surface area contributed by atoms with Crippen LogP contribution in [0, 0.1) is 0 Å². The molecule has 1 aliphatic rings.